The van der Waals surface area contributed by atoms with Gasteiger partial charge in [-0.05, 0) is 66.9 Å². The fraction of sp³-hybridized carbons (Fsp3) is 0.684. The minimum absolute atomic E-state index is 0.329. The van der Waals surface area contributed by atoms with Gasteiger partial charge in [-0.2, -0.15) is 0 Å². The normalized spacial score (nSPS) is 27.6. The van der Waals surface area contributed by atoms with Crippen molar-refractivity contribution in [3.8, 4) is 0 Å². The van der Waals surface area contributed by atoms with Crippen molar-refractivity contribution in [2.24, 2.45) is 16.7 Å². The third-order valence-electron chi connectivity index (χ3n) is 5.38. The van der Waals surface area contributed by atoms with Crippen LogP contribution in [0.1, 0.15) is 57.6 Å². The summed E-state index contributed by atoms with van der Waals surface area (Å²) in [5.74, 6) is 1.66. The molecule has 2 rings (SSSR count). The minimum Gasteiger partial charge on any atom is -0.126 e. The standard InChI is InChI=1S/C19H29Cl/c1-15-7-5-6-8-16(15)13-19(14-20)11-9-17(10-12-19)18(2,3)4/h5-8,17H,9-14H2,1-4H3. The van der Waals surface area contributed by atoms with Gasteiger partial charge in [0, 0.05) is 5.88 Å². The zero-order valence-corrected chi connectivity index (χ0v) is 14.3. The van der Waals surface area contributed by atoms with Gasteiger partial charge in [0.25, 0.3) is 0 Å². The molecular weight excluding hydrogens is 264 g/mol. The molecule has 0 atom stereocenters. The summed E-state index contributed by atoms with van der Waals surface area (Å²) in [6.45, 7) is 9.37. The zero-order valence-electron chi connectivity index (χ0n) is 13.5. The quantitative estimate of drug-likeness (QED) is 0.599. The first kappa shape index (κ1) is 15.9. The van der Waals surface area contributed by atoms with Gasteiger partial charge in [-0.1, -0.05) is 45.0 Å². The monoisotopic (exact) mass is 292 g/mol. The van der Waals surface area contributed by atoms with E-state index in [1.807, 2.05) is 0 Å². The van der Waals surface area contributed by atoms with Gasteiger partial charge < -0.3 is 0 Å². The van der Waals surface area contributed by atoms with Crippen LogP contribution in [0.2, 0.25) is 0 Å². The van der Waals surface area contributed by atoms with Crippen LogP contribution in [-0.2, 0) is 6.42 Å². The van der Waals surface area contributed by atoms with Crippen molar-refractivity contribution in [2.75, 3.05) is 5.88 Å². The molecule has 0 aliphatic heterocycles. The number of hydrogen-bond acceptors (Lipinski definition) is 0. The molecule has 0 bridgehead atoms. The molecule has 0 radical (unpaired) electrons. The third kappa shape index (κ3) is 3.58. The van der Waals surface area contributed by atoms with Crippen molar-refractivity contribution in [3.63, 3.8) is 0 Å². The van der Waals surface area contributed by atoms with Crippen LogP contribution in [0.15, 0.2) is 24.3 Å². The Morgan fingerprint density at radius 2 is 1.75 bits per heavy atom. The Bertz CT molecular complexity index is 433. The number of hydrogen-bond donors (Lipinski definition) is 0. The van der Waals surface area contributed by atoms with Gasteiger partial charge in [-0.3, -0.25) is 0 Å². The molecule has 1 aromatic rings. The summed E-state index contributed by atoms with van der Waals surface area (Å²) < 4.78 is 0. The second-order valence-corrected chi connectivity index (χ2v) is 8.14. The summed E-state index contributed by atoms with van der Waals surface area (Å²) in [4.78, 5) is 0. The van der Waals surface area contributed by atoms with Crippen molar-refractivity contribution >= 4 is 11.6 Å². The van der Waals surface area contributed by atoms with Crippen molar-refractivity contribution < 1.29 is 0 Å². The minimum atomic E-state index is 0.329. The smallest absolute Gasteiger partial charge is 0.0283 e. The first-order valence-electron chi connectivity index (χ1n) is 7.97. The molecule has 1 fully saturated rings. The van der Waals surface area contributed by atoms with Crippen LogP contribution in [0, 0.1) is 23.7 Å². The third-order valence-corrected chi connectivity index (χ3v) is 5.95. The molecule has 0 spiro atoms. The highest BCUT2D eigenvalue weighted by atomic mass is 35.5. The highest BCUT2D eigenvalue weighted by Crippen LogP contribution is 2.47. The number of benzene rings is 1. The molecule has 1 saturated carbocycles. The lowest BCUT2D eigenvalue weighted by Crippen LogP contribution is -2.35. The lowest BCUT2D eigenvalue weighted by atomic mass is 9.63. The molecule has 0 N–H and O–H groups in total. The van der Waals surface area contributed by atoms with Gasteiger partial charge in [-0.15, -0.1) is 11.6 Å². The molecule has 1 aromatic carbocycles. The molecule has 0 aromatic heterocycles. The summed E-state index contributed by atoms with van der Waals surface area (Å²) in [7, 11) is 0. The Kier molecular flexibility index (Phi) is 4.84. The van der Waals surface area contributed by atoms with E-state index in [4.69, 9.17) is 11.6 Å². The maximum absolute atomic E-state index is 6.40. The molecule has 0 unspecified atom stereocenters. The summed E-state index contributed by atoms with van der Waals surface area (Å²) in [6.07, 6.45) is 6.39. The average Bonchev–Trinajstić information content (AvgIpc) is 2.41. The van der Waals surface area contributed by atoms with Gasteiger partial charge in [-0.25, -0.2) is 0 Å². The van der Waals surface area contributed by atoms with Gasteiger partial charge in [0.15, 0.2) is 0 Å². The Labute approximate surface area is 129 Å². The second kappa shape index (κ2) is 6.10. The molecular formula is C19H29Cl. The molecule has 1 heteroatoms. The van der Waals surface area contributed by atoms with E-state index in [1.54, 1.807) is 0 Å². The summed E-state index contributed by atoms with van der Waals surface area (Å²) in [5, 5.41) is 0. The van der Waals surface area contributed by atoms with E-state index in [1.165, 1.54) is 36.8 Å². The van der Waals surface area contributed by atoms with Crippen LogP contribution in [0.3, 0.4) is 0 Å². The fourth-order valence-corrected chi connectivity index (χ4v) is 4.03. The number of aryl methyl sites for hydroxylation is 1. The lowest BCUT2D eigenvalue weighted by Gasteiger charge is -2.43. The van der Waals surface area contributed by atoms with Crippen molar-refractivity contribution in [1.29, 1.82) is 0 Å². The first-order valence-corrected chi connectivity index (χ1v) is 8.50. The zero-order chi connectivity index (χ0) is 14.8. The summed E-state index contributed by atoms with van der Waals surface area (Å²) in [5.41, 5.74) is 3.67. The maximum atomic E-state index is 6.40. The maximum Gasteiger partial charge on any atom is 0.0283 e. The summed E-state index contributed by atoms with van der Waals surface area (Å²) in [6, 6.07) is 8.78. The van der Waals surface area contributed by atoms with E-state index in [-0.39, 0.29) is 0 Å². The Hall–Kier alpha value is -0.490. The van der Waals surface area contributed by atoms with E-state index in [2.05, 4.69) is 52.0 Å². The highest BCUT2D eigenvalue weighted by Gasteiger charge is 2.38. The topological polar surface area (TPSA) is 0 Å². The lowest BCUT2D eigenvalue weighted by molar-refractivity contribution is 0.102. The van der Waals surface area contributed by atoms with Gasteiger partial charge >= 0.3 is 0 Å². The van der Waals surface area contributed by atoms with Gasteiger partial charge in [0.05, 0.1) is 0 Å². The van der Waals surface area contributed by atoms with Gasteiger partial charge in [0.1, 0.15) is 0 Å². The number of alkyl halides is 1. The van der Waals surface area contributed by atoms with Crippen LogP contribution in [0.5, 0.6) is 0 Å². The Morgan fingerprint density at radius 3 is 2.25 bits per heavy atom. The SMILES string of the molecule is Cc1ccccc1CC1(CCl)CCC(C(C)(C)C)CC1. The van der Waals surface area contributed by atoms with Crippen LogP contribution < -0.4 is 0 Å². The number of halogens is 1. The molecule has 20 heavy (non-hydrogen) atoms. The molecule has 112 valence electrons. The second-order valence-electron chi connectivity index (χ2n) is 7.88. The molecule has 1 aliphatic rings. The van der Waals surface area contributed by atoms with E-state index >= 15 is 0 Å². The van der Waals surface area contributed by atoms with E-state index in [9.17, 15) is 0 Å². The molecule has 0 amide bonds. The van der Waals surface area contributed by atoms with Crippen molar-refractivity contribution in [2.45, 2.75) is 59.8 Å². The van der Waals surface area contributed by atoms with E-state index in [0.717, 1.165) is 18.2 Å². The van der Waals surface area contributed by atoms with Gasteiger partial charge in [0.2, 0.25) is 0 Å². The highest BCUT2D eigenvalue weighted by molar-refractivity contribution is 6.18. The summed E-state index contributed by atoms with van der Waals surface area (Å²) >= 11 is 6.40. The number of rotatable bonds is 3. The Morgan fingerprint density at radius 1 is 1.15 bits per heavy atom. The van der Waals surface area contributed by atoms with Crippen molar-refractivity contribution in [1.82, 2.24) is 0 Å². The van der Waals surface area contributed by atoms with Crippen LogP contribution in [0.4, 0.5) is 0 Å². The van der Waals surface area contributed by atoms with E-state index < -0.39 is 0 Å². The molecule has 1 aliphatic carbocycles. The molecule has 0 heterocycles. The molecule has 0 nitrogen and oxygen atoms in total. The average molecular weight is 293 g/mol. The predicted molar refractivity (Wildman–Crippen MR) is 89.4 cm³/mol. The largest absolute Gasteiger partial charge is 0.126 e. The van der Waals surface area contributed by atoms with Crippen LogP contribution in [-0.4, -0.2) is 5.88 Å². The van der Waals surface area contributed by atoms with Crippen LogP contribution >= 0.6 is 11.6 Å². The molecule has 0 saturated heterocycles. The predicted octanol–water partition coefficient (Wildman–Crippen LogP) is 6.00. The van der Waals surface area contributed by atoms with Crippen LogP contribution in [0.25, 0.3) is 0 Å². The van der Waals surface area contributed by atoms with Crippen molar-refractivity contribution in [3.05, 3.63) is 35.4 Å². The van der Waals surface area contributed by atoms with E-state index in [0.29, 0.717) is 10.8 Å². The first-order chi connectivity index (χ1) is 9.36. The fourth-order valence-electron chi connectivity index (χ4n) is 3.67. The Balaban J connectivity index is 2.08.